The molecule has 0 bridgehead atoms. The Hall–Kier alpha value is -4.57. The lowest BCUT2D eigenvalue weighted by atomic mass is 9.97. The predicted octanol–water partition coefficient (Wildman–Crippen LogP) is 8.56. The number of hydrogen-bond acceptors (Lipinski definition) is 6. The minimum atomic E-state index is -0.561. The van der Waals surface area contributed by atoms with Gasteiger partial charge in [-0.15, -0.1) is 5.10 Å². The van der Waals surface area contributed by atoms with Crippen molar-refractivity contribution in [3.05, 3.63) is 134 Å². The summed E-state index contributed by atoms with van der Waals surface area (Å²) < 4.78 is 28.2. The highest BCUT2D eigenvalue weighted by Gasteiger charge is 2.21. The predicted molar refractivity (Wildman–Crippen MR) is 169 cm³/mol. The van der Waals surface area contributed by atoms with Gasteiger partial charge in [0.05, 0.1) is 22.5 Å². The van der Waals surface area contributed by atoms with E-state index in [1.807, 2.05) is 12.1 Å². The van der Waals surface area contributed by atoms with Crippen LogP contribution in [0.1, 0.15) is 11.4 Å². The topological polar surface area (TPSA) is 97.3 Å². The first kappa shape index (κ1) is 30.9. The third-order valence-electron chi connectivity index (χ3n) is 6.53. The van der Waals surface area contributed by atoms with Gasteiger partial charge in [-0.05, 0) is 73.5 Å². The van der Waals surface area contributed by atoms with Crippen LogP contribution in [0.15, 0.2) is 90.0 Å². The van der Waals surface area contributed by atoms with Crippen LogP contribution in [0.2, 0.25) is 15.2 Å². The molecule has 7 nitrogen and oxygen atoms in total. The van der Waals surface area contributed by atoms with Crippen LogP contribution in [0.3, 0.4) is 0 Å². The SMILES string of the molecule is Cc1n[nH]c(=O)c(-c2ncccc2F)c1-c1ccc(Cl)cc1.Cc1nnc(Cl)c(-c2ncccc2F)c1-c1ccc(Cl)cc1. The summed E-state index contributed by atoms with van der Waals surface area (Å²) in [5.74, 6) is -1.03. The van der Waals surface area contributed by atoms with E-state index in [1.165, 1.54) is 36.7 Å². The first-order valence-corrected chi connectivity index (χ1v) is 14.1. The molecule has 220 valence electrons. The first-order valence-electron chi connectivity index (χ1n) is 13.0. The summed E-state index contributed by atoms with van der Waals surface area (Å²) in [4.78, 5) is 20.3. The van der Waals surface area contributed by atoms with Crippen molar-refractivity contribution in [2.24, 2.45) is 0 Å². The molecule has 0 saturated heterocycles. The third-order valence-corrected chi connectivity index (χ3v) is 7.29. The van der Waals surface area contributed by atoms with Crippen molar-refractivity contribution in [3.8, 4) is 44.8 Å². The lowest BCUT2D eigenvalue weighted by molar-refractivity contribution is 0.625. The molecule has 0 aliphatic rings. The highest BCUT2D eigenvalue weighted by molar-refractivity contribution is 6.33. The van der Waals surface area contributed by atoms with Crippen molar-refractivity contribution < 1.29 is 8.78 Å². The number of rotatable bonds is 4. The van der Waals surface area contributed by atoms with Crippen molar-refractivity contribution in [2.45, 2.75) is 13.8 Å². The summed E-state index contributed by atoms with van der Waals surface area (Å²) in [5.41, 5.74) is 4.21. The lowest BCUT2D eigenvalue weighted by Crippen LogP contribution is -2.15. The van der Waals surface area contributed by atoms with Crippen LogP contribution < -0.4 is 5.56 Å². The molecule has 0 aliphatic heterocycles. The number of aromatic amines is 1. The van der Waals surface area contributed by atoms with Gasteiger partial charge in [0.15, 0.2) is 5.15 Å². The van der Waals surface area contributed by atoms with Gasteiger partial charge in [-0.1, -0.05) is 59.1 Å². The molecule has 12 heteroatoms. The number of benzene rings is 2. The molecule has 4 aromatic heterocycles. The molecule has 6 rings (SSSR count). The summed E-state index contributed by atoms with van der Waals surface area (Å²) in [6, 6.07) is 19.7. The van der Waals surface area contributed by atoms with Crippen molar-refractivity contribution in [3.63, 3.8) is 0 Å². The fourth-order valence-electron chi connectivity index (χ4n) is 4.56. The summed E-state index contributed by atoms with van der Waals surface area (Å²) in [6.45, 7) is 3.53. The second kappa shape index (κ2) is 13.4. The van der Waals surface area contributed by atoms with Crippen molar-refractivity contribution in [1.29, 1.82) is 0 Å². The average molecular weight is 650 g/mol. The molecular formula is C32H21Cl3F2N6O. The van der Waals surface area contributed by atoms with Gasteiger partial charge >= 0.3 is 0 Å². The molecule has 0 saturated carbocycles. The summed E-state index contributed by atoms with van der Waals surface area (Å²) in [6.07, 6.45) is 2.95. The molecule has 4 heterocycles. The van der Waals surface area contributed by atoms with Gasteiger partial charge in [0.2, 0.25) is 0 Å². The number of pyridine rings is 2. The van der Waals surface area contributed by atoms with Gasteiger partial charge in [-0.25, -0.2) is 13.9 Å². The molecule has 0 spiro atoms. The molecule has 0 radical (unpaired) electrons. The van der Waals surface area contributed by atoms with Gasteiger partial charge in [0.25, 0.3) is 5.56 Å². The molecule has 0 fully saturated rings. The Kier molecular flexibility index (Phi) is 9.39. The van der Waals surface area contributed by atoms with Crippen molar-refractivity contribution in [1.82, 2.24) is 30.4 Å². The monoisotopic (exact) mass is 648 g/mol. The highest BCUT2D eigenvalue weighted by atomic mass is 35.5. The van der Waals surface area contributed by atoms with Gasteiger partial charge in [0, 0.05) is 33.6 Å². The van der Waals surface area contributed by atoms with E-state index in [4.69, 9.17) is 34.8 Å². The molecule has 0 atom stereocenters. The maximum absolute atomic E-state index is 14.2. The number of nitrogens with one attached hydrogen (secondary N) is 1. The molecule has 0 amide bonds. The molecule has 0 unspecified atom stereocenters. The van der Waals surface area contributed by atoms with Crippen LogP contribution in [0, 0.1) is 25.5 Å². The first-order chi connectivity index (χ1) is 21.2. The Bertz CT molecular complexity index is 2020. The third kappa shape index (κ3) is 6.50. The fourth-order valence-corrected chi connectivity index (χ4v) is 5.04. The number of H-pyrrole nitrogens is 1. The van der Waals surface area contributed by atoms with Crippen LogP contribution in [0.25, 0.3) is 44.8 Å². The Balaban J connectivity index is 0.000000175. The summed E-state index contributed by atoms with van der Waals surface area (Å²) in [5, 5.41) is 15.6. The van der Waals surface area contributed by atoms with E-state index < -0.39 is 17.2 Å². The minimum absolute atomic E-state index is 0.000741. The average Bonchev–Trinajstić information content (AvgIpc) is 3.02. The number of aromatic nitrogens is 6. The molecule has 2 aromatic carbocycles. The van der Waals surface area contributed by atoms with Crippen LogP contribution in [0.5, 0.6) is 0 Å². The van der Waals surface area contributed by atoms with Gasteiger partial charge < -0.3 is 0 Å². The van der Waals surface area contributed by atoms with Crippen LogP contribution >= 0.6 is 34.8 Å². The summed E-state index contributed by atoms with van der Waals surface area (Å²) in [7, 11) is 0. The fraction of sp³-hybridized carbons (Fsp3) is 0.0625. The molecule has 0 aliphatic carbocycles. The molecule has 1 N–H and O–H groups in total. The van der Waals surface area contributed by atoms with E-state index in [1.54, 1.807) is 50.2 Å². The largest absolute Gasteiger partial charge is 0.274 e. The molecular weight excluding hydrogens is 629 g/mol. The molecule has 44 heavy (non-hydrogen) atoms. The lowest BCUT2D eigenvalue weighted by Gasteiger charge is -2.13. The molecule has 6 aromatic rings. The second-order valence-corrected chi connectivity index (χ2v) is 10.6. The van der Waals surface area contributed by atoms with E-state index >= 15 is 0 Å². The zero-order valence-electron chi connectivity index (χ0n) is 23.1. The number of hydrogen-bond donors (Lipinski definition) is 1. The van der Waals surface area contributed by atoms with E-state index in [2.05, 4.69) is 30.4 Å². The standard InChI is InChI=1S/C16H10Cl2FN3.C16H11ClFN3O/c1-9-13(10-4-6-11(17)7-5-10)14(16(18)22-21-9)15-12(19)3-2-8-20-15;1-9-13(10-4-6-11(17)7-5-10)14(16(22)21-20-9)15-12(18)3-2-8-19-15/h2-8H,1H3;2-8H,1H3,(H,21,22). The number of halogens is 5. The quantitative estimate of drug-likeness (QED) is 0.206. The van der Waals surface area contributed by atoms with Crippen molar-refractivity contribution in [2.75, 3.05) is 0 Å². The zero-order valence-corrected chi connectivity index (χ0v) is 25.4. The minimum Gasteiger partial charge on any atom is -0.267 e. The van der Waals surface area contributed by atoms with E-state index in [0.717, 1.165) is 11.1 Å². The Labute approximate surface area is 265 Å². The normalized spacial score (nSPS) is 10.7. The van der Waals surface area contributed by atoms with E-state index in [9.17, 15) is 13.6 Å². The smallest absolute Gasteiger partial charge is 0.267 e. The second-order valence-electron chi connectivity index (χ2n) is 9.40. The van der Waals surface area contributed by atoms with Crippen LogP contribution in [-0.4, -0.2) is 30.4 Å². The number of aryl methyl sites for hydroxylation is 2. The zero-order chi connectivity index (χ0) is 31.4. The van der Waals surface area contributed by atoms with Crippen molar-refractivity contribution >= 4 is 34.8 Å². The Morgan fingerprint density at radius 2 is 1.09 bits per heavy atom. The maximum atomic E-state index is 14.2. The summed E-state index contributed by atoms with van der Waals surface area (Å²) >= 11 is 18.0. The van der Waals surface area contributed by atoms with Gasteiger partial charge in [0.1, 0.15) is 23.0 Å². The van der Waals surface area contributed by atoms with Crippen LogP contribution in [0.4, 0.5) is 8.78 Å². The Morgan fingerprint density at radius 1 is 0.614 bits per heavy atom. The van der Waals surface area contributed by atoms with E-state index in [0.29, 0.717) is 38.1 Å². The van der Waals surface area contributed by atoms with E-state index in [-0.39, 0.29) is 22.1 Å². The van der Waals surface area contributed by atoms with Gasteiger partial charge in [-0.3, -0.25) is 14.8 Å². The Morgan fingerprint density at radius 3 is 1.59 bits per heavy atom. The highest BCUT2D eigenvalue weighted by Crippen LogP contribution is 2.38. The van der Waals surface area contributed by atoms with Gasteiger partial charge in [-0.2, -0.15) is 10.2 Å². The number of nitrogens with zero attached hydrogens (tertiary/aromatic N) is 5. The van der Waals surface area contributed by atoms with Crippen LogP contribution in [-0.2, 0) is 0 Å². The maximum Gasteiger partial charge on any atom is 0.274 e.